The first-order valence-electron chi connectivity index (χ1n) is 9.25. The summed E-state index contributed by atoms with van der Waals surface area (Å²) in [6, 6.07) is 23.5. The van der Waals surface area contributed by atoms with Crippen molar-refractivity contribution in [1.82, 2.24) is 15.4 Å². The highest BCUT2D eigenvalue weighted by molar-refractivity contribution is 6.00. The van der Waals surface area contributed by atoms with Crippen molar-refractivity contribution in [1.29, 1.82) is 0 Å². The van der Waals surface area contributed by atoms with E-state index in [4.69, 9.17) is 9.73 Å². The Hall–Kier alpha value is -3.93. The number of benzene rings is 3. The van der Waals surface area contributed by atoms with Crippen molar-refractivity contribution in [2.75, 3.05) is 7.11 Å². The van der Waals surface area contributed by atoms with Gasteiger partial charge in [-0.05, 0) is 43.3 Å². The highest BCUT2D eigenvalue weighted by Crippen LogP contribution is 2.17. The zero-order chi connectivity index (χ0) is 20.1. The fraction of sp³-hybridized carbons (Fsp3) is 0.0870. The van der Waals surface area contributed by atoms with E-state index in [0.29, 0.717) is 11.7 Å². The van der Waals surface area contributed by atoms with Gasteiger partial charge in [0.05, 0.1) is 30.0 Å². The summed E-state index contributed by atoms with van der Waals surface area (Å²) < 4.78 is 5.37. The number of hydrazone groups is 1. The highest BCUT2D eigenvalue weighted by Gasteiger charge is 2.09. The minimum atomic E-state index is 0.524. The predicted molar refractivity (Wildman–Crippen MR) is 117 cm³/mol. The van der Waals surface area contributed by atoms with Crippen LogP contribution in [0.3, 0.4) is 0 Å². The Bertz CT molecular complexity index is 1140. The largest absolute Gasteiger partial charge is 0.496 e. The summed E-state index contributed by atoms with van der Waals surface area (Å²) in [5.41, 5.74) is 7.69. The molecule has 0 unspecified atom stereocenters. The summed E-state index contributed by atoms with van der Waals surface area (Å²) in [4.78, 5) is 12.6. The van der Waals surface area contributed by atoms with Gasteiger partial charge in [0.25, 0.3) is 0 Å². The lowest BCUT2D eigenvalue weighted by molar-refractivity contribution is 0.414. The summed E-state index contributed by atoms with van der Waals surface area (Å²) in [5, 5.41) is 4.37. The number of ether oxygens (including phenoxy) is 1. The molecule has 0 saturated carbocycles. The summed E-state index contributed by atoms with van der Waals surface area (Å²) in [7, 11) is 1.64. The van der Waals surface area contributed by atoms with Gasteiger partial charge in [0.2, 0.25) is 0 Å². The highest BCUT2D eigenvalue weighted by atomic mass is 16.5. The molecule has 6 heteroatoms. The quantitative estimate of drug-likeness (QED) is 0.301. The fourth-order valence-electron chi connectivity index (χ4n) is 2.88. The number of aliphatic imine (C=N–C) groups is 1. The zero-order valence-corrected chi connectivity index (χ0v) is 16.3. The number of amidine groups is 1. The Kier molecular flexibility index (Phi) is 5.33. The van der Waals surface area contributed by atoms with Crippen LogP contribution in [-0.4, -0.2) is 29.1 Å². The van der Waals surface area contributed by atoms with Gasteiger partial charge in [0.1, 0.15) is 5.75 Å². The van der Waals surface area contributed by atoms with Crippen LogP contribution in [0.4, 0.5) is 5.69 Å². The number of rotatable bonds is 5. The number of aromatic nitrogens is 2. The second kappa shape index (κ2) is 8.39. The fourth-order valence-corrected chi connectivity index (χ4v) is 2.88. The standard InChI is InChI=1S/C23H21N5O/c1-16-11-13-18(14-12-16)25-23(22-26-19-8-4-5-9-20(19)27-22)28-24-15-17-7-3-6-10-21(17)29-2/h3-15H,1-2H3,(H,25,28)(H,26,27)/b24-15-. The summed E-state index contributed by atoms with van der Waals surface area (Å²) >= 11 is 0. The number of hydrogen-bond donors (Lipinski definition) is 2. The van der Waals surface area contributed by atoms with Crippen molar-refractivity contribution in [3.63, 3.8) is 0 Å². The second-order valence-corrected chi connectivity index (χ2v) is 6.51. The molecule has 0 saturated heterocycles. The summed E-state index contributed by atoms with van der Waals surface area (Å²) in [6.45, 7) is 2.05. The topological polar surface area (TPSA) is 74.7 Å². The van der Waals surface area contributed by atoms with E-state index in [9.17, 15) is 0 Å². The Morgan fingerprint density at radius 2 is 1.76 bits per heavy atom. The third-order valence-electron chi connectivity index (χ3n) is 4.40. The van der Waals surface area contributed by atoms with Gasteiger partial charge in [-0.1, -0.05) is 42.0 Å². The van der Waals surface area contributed by atoms with Crippen molar-refractivity contribution < 1.29 is 4.74 Å². The SMILES string of the molecule is COc1ccccc1/C=N\NC(=Nc1ccc(C)cc1)c1nc2ccccc2[nH]1. The molecule has 4 aromatic rings. The Balaban J connectivity index is 1.68. The van der Waals surface area contributed by atoms with E-state index < -0.39 is 0 Å². The normalized spacial score (nSPS) is 11.9. The maximum Gasteiger partial charge on any atom is 0.190 e. The molecule has 4 rings (SSSR count). The van der Waals surface area contributed by atoms with Crippen LogP contribution in [0, 0.1) is 6.92 Å². The first-order valence-corrected chi connectivity index (χ1v) is 9.25. The van der Waals surface area contributed by atoms with E-state index in [2.05, 4.69) is 20.5 Å². The van der Waals surface area contributed by atoms with Crippen molar-refractivity contribution >= 4 is 28.8 Å². The van der Waals surface area contributed by atoms with Crippen LogP contribution in [0.15, 0.2) is 82.9 Å². The molecule has 0 aliphatic rings. The minimum absolute atomic E-state index is 0.524. The van der Waals surface area contributed by atoms with Crippen LogP contribution in [0.25, 0.3) is 11.0 Å². The van der Waals surface area contributed by atoms with Crippen molar-refractivity contribution in [2.24, 2.45) is 10.1 Å². The van der Waals surface area contributed by atoms with Gasteiger partial charge in [-0.3, -0.25) is 5.43 Å². The Morgan fingerprint density at radius 3 is 2.55 bits per heavy atom. The second-order valence-electron chi connectivity index (χ2n) is 6.51. The molecule has 0 spiro atoms. The molecule has 3 aromatic carbocycles. The van der Waals surface area contributed by atoms with Gasteiger partial charge >= 0.3 is 0 Å². The molecule has 0 fully saturated rings. The average molecular weight is 383 g/mol. The average Bonchev–Trinajstić information content (AvgIpc) is 3.19. The molecule has 0 atom stereocenters. The molecule has 29 heavy (non-hydrogen) atoms. The lowest BCUT2D eigenvalue weighted by Crippen LogP contribution is -2.20. The molecule has 6 nitrogen and oxygen atoms in total. The molecule has 144 valence electrons. The molecule has 0 amide bonds. The minimum Gasteiger partial charge on any atom is -0.496 e. The van der Waals surface area contributed by atoms with Gasteiger partial charge < -0.3 is 9.72 Å². The number of nitrogens with zero attached hydrogens (tertiary/aromatic N) is 3. The number of aryl methyl sites for hydroxylation is 1. The van der Waals surface area contributed by atoms with Gasteiger partial charge in [0.15, 0.2) is 11.7 Å². The van der Waals surface area contributed by atoms with E-state index in [1.165, 1.54) is 5.56 Å². The van der Waals surface area contributed by atoms with E-state index in [1.807, 2.05) is 79.7 Å². The molecule has 0 radical (unpaired) electrons. The van der Waals surface area contributed by atoms with Gasteiger partial charge in [-0.2, -0.15) is 5.10 Å². The molecular formula is C23H21N5O. The molecular weight excluding hydrogens is 362 g/mol. The molecule has 2 N–H and O–H groups in total. The maximum absolute atomic E-state index is 5.37. The third-order valence-corrected chi connectivity index (χ3v) is 4.40. The number of hydrogen-bond acceptors (Lipinski definition) is 4. The van der Waals surface area contributed by atoms with Crippen molar-refractivity contribution in [2.45, 2.75) is 6.92 Å². The molecule has 1 aromatic heterocycles. The number of fused-ring (bicyclic) bond motifs is 1. The summed E-state index contributed by atoms with van der Waals surface area (Å²) in [6.07, 6.45) is 1.70. The van der Waals surface area contributed by atoms with Crippen molar-refractivity contribution in [3.05, 3.63) is 89.7 Å². The van der Waals surface area contributed by atoms with Crippen LogP contribution in [0.1, 0.15) is 17.0 Å². The van der Waals surface area contributed by atoms with E-state index in [0.717, 1.165) is 28.0 Å². The van der Waals surface area contributed by atoms with Crippen LogP contribution in [0.2, 0.25) is 0 Å². The summed E-state index contributed by atoms with van der Waals surface area (Å²) in [5.74, 6) is 1.89. The van der Waals surface area contributed by atoms with E-state index in [-0.39, 0.29) is 0 Å². The number of aromatic amines is 1. The maximum atomic E-state index is 5.37. The van der Waals surface area contributed by atoms with Gasteiger partial charge in [-0.25, -0.2) is 9.98 Å². The van der Waals surface area contributed by atoms with Crippen LogP contribution in [0.5, 0.6) is 5.75 Å². The van der Waals surface area contributed by atoms with Crippen LogP contribution in [-0.2, 0) is 0 Å². The monoisotopic (exact) mass is 383 g/mol. The third kappa shape index (κ3) is 4.32. The number of imidazole rings is 1. The number of H-pyrrole nitrogens is 1. The van der Waals surface area contributed by atoms with E-state index >= 15 is 0 Å². The van der Waals surface area contributed by atoms with Gasteiger partial charge in [-0.15, -0.1) is 0 Å². The number of nitrogens with one attached hydrogen (secondary N) is 2. The lowest BCUT2D eigenvalue weighted by Gasteiger charge is -2.05. The number of methoxy groups -OCH3 is 1. The molecule has 1 heterocycles. The van der Waals surface area contributed by atoms with Gasteiger partial charge in [0, 0.05) is 5.56 Å². The molecule has 0 aliphatic carbocycles. The lowest BCUT2D eigenvalue weighted by atomic mass is 10.2. The zero-order valence-electron chi connectivity index (χ0n) is 16.3. The van der Waals surface area contributed by atoms with Crippen molar-refractivity contribution in [3.8, 4) is 5.75 Å². The first-order chi connectivity index (χ1) is 14.2. The predicted octanol–water partition coefficient (Wildman–Crippen LogP) is 4.58. The van der Waals surface area contributed by atoms with Crippen LogP contribution >= 0.6 is 0 Å². The van der Waals surface area contributed by atoms with Crippen LogP contribution < -0.4 is 10.2 Å². The van der Waals surface area contributed by atoms with E-state index in [1.54, 1.807) is 13.3 Å². The smallest absolute Gasteiger partial charge is 0.190 e. The molecule has 0 bridgehead atoms. The Morgan fingerprint density at radius 1 is 1.00 bits per heavy atom. The first kappa shape index (κ1) is 18.4. The number of para-hydroxylation sites is 3. The Labute approximate surface area is 169 Å². The molecule has 0 aliphatic heterocycles.